The van der Waals surface area contributed by atoms with E-state index in [9.17, 15) is 9.59 Å². The predicted molar refractivity (Wildman–Crippen MR) is 129 cm³/mol. The molecule has 1 saturated heterocycles. The third-order valence-corrected chi connectivity index (χ3v) is 5.71. The summed E-state index contributed by atoms with van der Waals surface area (Å²) < 4.78 is 5.79. The topological polar surface area (TPSA) is 70.7 Å². The summed E-state index contributed by atoms with van der Waals surface area (Å²) in [5, 5.41) is 6.04. The summed E-state index contributed by atoms with van der Waals surface area (Å²) in [6, 6.07) is 26.8. The Kier molecular flexibility index (Phi) is 7.72. The van der Waals surface area contributed by atoms with Crippen molar-refractivity contribution in [3.05, 3.63) is 96.1 Å². The molecule has 0 radical (unpaired) electrons. The Bertz CT molecular complexity index is 1030. The first-order chi connectivity index (χ1) is 16.2. The molecule has 6 heteroatoms. The van der Waals surface area contributed by atoms with Gasteiger partial charge >= 0.3 is 0 Å². The van der Waals surface area contributed by atoms with Gasteiger partial charge in [-0.1, -0.05) is 48.5 Å². The molecular formula is C27H29N3O3. The highest BCUT2D eigenvalue weighted by Gasteiger charge is 2.22. The van der Waals surface area contributed by atoms with Crippen LogP contribution in [0.25, 0.3) is 0 Å². The molecule has 0 bridgehead atoms. The molecule has 2 N–H and O–H groups in total. The van der Waals surface area contributed by atoms with Crippen LogP contribution in [0.2, 0.25) is 0 Å². The quantitative estimate of drug-likeness (QED) is 0.550. The van der Waals surface area contributed by atoms with Crippen molar-refractivity contribution < 1.29 is 14.3 Å². The van der Waals surface area contributed by atoms with Gasteiger partial charge in [0.25, 0.3) is 5.91 Å². The zero-order valence-electron chi connectivity index (χ0n) is 18.6. The molecule has 170 valence electrons. The smallest absolute Gasteiger partial charge is 0.251 e. The number of benzene rings is 3. The minimum atomic E-state index is -0.0788. The van der Waals surface area contributed by atoms with Crippen LogP contribution in [-0.2, 0) is 11.4 Å². The zero-order chi connectivity index (χ0) is 22.9. The Balaban J connectivity index is 1.18. The van der Waals surface area contributed by atoms with Crippen LogP contribution in [-0.4, -0.2) is 42.4 Å². The van der Waals surface area contributed by atoms with Crippen molar-refractivity contribution in [1.82, 2.24) is 10.2 Å². The minimum Gasteiger partial charge on any atom is -0.489 e. The highest BCUT2D eigenvalue weighted by molar-refractivity contribution is 5.94. The number of carbonyl (C=O) groups excluding carboxylic acids is 2. The van der Waals surface area contributed by atoms with Gasteiger partial charge in [-0.25, -0.2) is 0 Å². The van der Waals surface area contributed by atoms with Gasteiger partial charge < -0.3 is 15.4 Å². The molecule has 0 aromatic heterocycles. The van der Waals surface area contributed by atoms with Gasteiger partial charge in [-0.15, -0.1) is 0 Å². The Labute approximate surface area is 194 Å². The molecule has 0 saturated carbocycles. The molecule has 6 nitrogen and oxygen atoms in total. The fraction of sp³-hybridized carbons (Fsp3) is 0.259. The number of amides is 2. The summed E-state index contributed by atoms with van der Waals surface area (Å²) in [5.41, 5.74) is 2.52. The molecule has 33 heavy (non-hydrogen) atoms. The normalized spacial score (nSPS) is 14.4. The molecule has 1 aliphatic heterocycles. The lowest BCUT2D eigenvalue weighted by Crippen LogP contribution is -2.46. The molecule has 1 aliphatic rings. The maximum atomic E-state index is 12.6. The number of carbonyl (C=O) groups is 2. The van der Waals surface area contributed by atoms with Gasteiger partial charge in [0.05, 0.1) is 6.54 Å². The summed E-state index contributed by atoms with van der Waals surface area (Å²) >= 11 is 0. The van der Waals surface area contributed by atoms with Crippen LogP contribution in [0.5, 0.6) is 5.75 Å². The van der Waals surface area contributed by atoms with E-state index in [1.165, 1.54) is 0 Å². The molecule has 0 aliphatic carbocycles. The molecule has 3 aromatic carbocycles. The molecule has 0 unspecified atom stereocenters. The van der Waals surface area contributed by atoms with Crippen LogP contribution in [0.4, 0.5) is 5.69 Å². The largest absolute Gasteiger partial charge is 0.489 e. The van der Waals surface area contributed by atoms with Crippen molar-refractivity contribution in [2.75, 3.05) is 25.0 Å². The third-order valence-electron chi connectivity index (χ3n) is 5.71. The maximum absolute atomic E-state index is 12.6. The van der Waals surface area contributed by atoms with Crippen molar-refractivity contribution in [2.24, 2.45) is 0 Å². The number of piperidine rings is 1. The Morgan fingerprint density at radius 3 is 2.15 bits per heavy atom. The van der Waals surface area contributed by atoms with Crippen LogP contribution in [0.3, 0.4) is 0 Å². The first-order valence-electron chi connectivity index (χ1n) is 11.3. The number of likely N-dealkylation sites (tertiary alicyclic amines) is 1. The fourth-order valence-corrected chi connectivity index (χ4v) is 3.87. The molecule has 1 heterocycles. The number of ether oxygens (including phenoxy) is 1. The molecule has 4 rings (SSSR count). The highest BCUT2D eigenvalue weighted by atomic mass is 16.5. The van der Waals surface area contributed by atoms with E-state index >= 15 is 0 Å². The molecule has 1 fully saturated rings. The number of nitrogens with one attached hydrogen (secondary N) is 2. The van der Waals surface area contributed by atoms with Gasteiger partial charge in [0.1, 0.15) is 12.4 Å². The van der Waals surface area contributed by atoms with Crippen molar-refractivity contribution in [1.29, 1.82) is 0 Å². The Morgan fingerprint density at radius 2 is 1.48 bits per heavy atom. The average Bonchev–Trinajstić information content (AvgIpc) is 2.85. The lowest BCUT2D eigenvalue weighted by atomic mass is 10.0. The van der Waals surface area contributed by atoms with Crippen LogP contribution >= 0.6 is 0 Å². The van der Waals surface area contributed by atoms with Gasteiger partial charge in [0.2, 0.25) is 5.91 Å². The van der Waals surface area contributed by atoms with Crippen molar-refractivity contribution >= 4 is 17.5 Å². The lowest BCUT2D eigenvalue weighted by molar-refractivity contribution is -0.117. The third kappa shape index (κ3) is 6.92. The number of anilines is 1. The summed E-state index contributed by atoms with van der Waals surface area (Å²) in [6.45, 7) is 2.41. The first kappa shape index (κ1) is 22.6. The fourth-order valence-electron chi connectivity index (χ4n) is 3.87. The molecular weight excluding hydrogens is 414 g/mol. The van der Waals surface area contributed by atoms with Gasteiger partial charge in [-0.3, -0.25) is 14.5 Å². The maximum Gasteiger partial charge on any atom is 0.251 e. The monoisotopic (exact) mass is 443 g/mol. The second-order valence-electron chi connectivity index (χ2n) is 8.24. The van der Waals surface area contributed by atoms with Gasteiger partial charge in [0, 0.05) is 30.4 Å². The summed E-state index contributed by atoms with van der Waals surface area (Å²) in [4.78, 5) is 27.0. The number of nitrogens with zero attached hydrogens (tertiary/aromatic N) is 1. The number of hydrogen-bond donors (Lipinski definition) is 2. The van der Waals surface area contributed by atoms with Crippen molar-refractivity contribution in [2.45, 2.75) is 25.5 Å². The second kappa shape index (κ2) is 11.3. The van der Waals surface area contributed by atoms with Crippen molar-refractivity contribution in [3.63, 3.8) is 0 Å². The molecule has 0 spiro atoms. The molecule has 2 amide bonds. The Hall–Kier alpha value is -3.64. The van der Waals surface area contributed by atoms with Crippen LogP contribution in [0, 0.1) is 0 Å². The molecule has 0 atom stereocenters. The second-order valence-corrected chi connectivity index (χ2v) is 8.24. The van der Waals surface area contributed by atoms with E-state index in [0.717, 1.165) is 42.9 Å². The summed E-state index contributed by atoms with van der Waals surface area (Å²) in [5.74, 6) is 0.639. The van der Waals surface area contributed by atoms with E-state index in [2.05, 4.69) is 15.5 Å². The van der Waals surface area contributed by atoms with E-state index in [-0.39, 0.29) is 17.9 Å². The number of para-hydroxylation sites is 1. The van der Waals surface area contributed by atoms with E-state index < -0.39 is 0 Å². The van der Waals surface area contributed by atoms with E-state index in [1.54, 1.807) is 12.1 Å². The van der Waals surface area contributed by atoms with Crippen LogP contribution in [0.15, 0.2) is 84.9 Å². The van der Waals surface area contributed by atoms with Gasteiger partial charge in [0.15, 0.2) is 0 Å². The average molecular weight is 444 g/mol. The molecule has 3 aromatic rings. The minimum absolute atomic E-state index is 0.0155. The lowest BCUT2D eigenvalue weighted by Gasteiger charge is -2.31. The van der Waals surface area contributed by atoms with Crippen LogP contribution in [0.1, 0.15) is 28.8 Å². The standard InChI is InChI=1S/C27H29N3O3/c31-26(28-23-9-5-2-6-10-23)19-30-17-15-24(16-18-30)29-27(32)22-11-13-25(14-12-22)33-20-21-7-3-1-4-8-21/h1-14,24H,15-20H2,(H,28,31)(H,29,32). The van der Waals surface area contributed by atoms with Crippen molar-refractivity contribution in [3.8, 4) is 5.75 Å². The predicted octanol–water partition coefficient (Wildman–Crippen LogP) is 4.10. The Morgan fingerprint density at radius 1 is 0.848 bits per heavy atom. The van der Waals surface area contributed by atoms with E-state index in [1.807, 2.05) is 72.8 Å². The zero-order valence-corrected chi connectivity index (χ0v) is 18.6. The van der Waals surface area contributed by atoms with Gasteiger partial charge in [-0.05, 0) is 54.8 Å². The van der Waals surface area contributed by atoms with E-state index in [4.69, 9.17) is 4.74 Å². The SMILES string of the molecule is O=C(CN1CCC(NC(=O)c2ccc(OCc3ccccc3)cc2)CC1)Nc1ccccc1. The summed E-state index contributed by atoms with van der Waals surface area (Å²) in [6.07, 6.45) is 1.64. The van der Waals surface area contributed by atoms with Gasteiger partial charge in [-0.2, -0.15) is 0 Å². The van der Waals surface area contributed by atoms with E-state index in [0.29, 0.717) is 18.7 Å². The first-order valence-corrected chi connectivity index (χ1v) is 11.3. The highest BCUT2D eigenvalue weighted by Crippen LogP contribution is 2.16. The number of hydrogen-bond acceptors (Lipinski definition) is 4. The van der Waals surface area contributed by atoms with Crippen LogP contribution < -0.4 is 15.4 Å². The number of rotatable bonds is 8. The summed E-state index contributed by atoms with van der Waals surface area (Å²) in [7, 11) is 0.